The van der Waals surface area contributed by atoms with E-state index in [0.717, 1.165) is 31.3 Å². The Morgan fingerprint density at radius 3 is 1.69 bits per heavy atom. The van der Waals surface area contributed by atoms with E-state index in [2.05, 4.69) is 39.5 Å². The molecular weight excluding hydrogens is 358 g/mol. The zero-order valence-electron chi connectivity index (χ0n) is 20.6. The second-order valence-electron chi connectivity index (χ2n) is 9.75. The van der Waals surface area contributed by atoms with Crippen LogP contribution in [0.2, 0.25) is 0 Å². The molecule has 0 aliphatic heterocycles. The van der Waals surface area contributed by atoms with Crippen LogP contribution in [0.4, 0.5) is 0 Å². The fraction of sp³-hybridized carbons (Fsp3) is 0.962. The van der Waals surface area contributed by atoms with Gasteiger partial charge in [-0.15, -0.1) is 0 Å². The number of unbranched alkanes of at least 4 members (excludes halogenated alkanes) is 9. The van der Waals surface area contributed by atoms with Crippen LogP contribution in [-0.4, -0.2) is 37.1 Å². The van der Waals surface area contributed by atoms with Gasteiger partial charge in [0.25, 0.3) is 0 Å². The van der Waals surface area contributed by atoms with E-state index in [0.29, 0.717) is 13.2 Å². The maximum Gasteiger partial charge on any atom is 0.320 e. The van der Waals surface area contributed by atoms with Crippen LogP contribution in [0.3, 0.4) is 0 Å². The van der Waals surface area contributed by atoms with E-state index in [1.807, 2.05) is 0 Å². The van der Waals surface area contributed by atoms with Gasteiger partial charge in [0.05, 0.1) is 13.2 Å². The van der Waals surface area contributed by atoms with Crippen LogP contribution >= 0.6 is 0 Å². The Labute approximate surface area is 183 Å². The summed E-state index contributed by atoms with van der Waals surface area (Å²) in [6.07, 6.45) is 17.6. The van der Waals surface area contributed by atoms with E-state index in [-0.39, 0.29) is 5.97 Å². The van der Waals surface area contributed by atoms with Gasteiger partial charge >= 0.3 is 5.97 Å². The number of rotatable bonds is 21. The summed E-state index contributed by atoms with van der Waals surface area (Å²) in [4.78, 5) is 14.6. The lowest BCUT2D eigenvalue weighted by Crippen LogP contribution is -2.33. The van der Waals surface area contributed by atoms with Gasteiger partial charge < -0.3 is 4.74 Å². The predicted octanol–water partition coefficient (Wildman–Crippen LogP) is 7.62. The first-order valence-electron chi connectivity index (χ1n) is 12.8. The number of hydrogen-bond acceptors (Lipinski definition) is 3. The van der Waals surface area contributed by atoms with Crippen LogP contribution in [0.15, 0.2) is 0 Å². The number of nitrogens with zero attached hydrogens (tertiary/aromatic N) is 1. The largest absolute Gasteiger partial charge is 0.465 e. The van der Waals surface area contributed by atoms with Crippen molar-refractivity contribution in [2.45, 2.75) is 125 Å². The average molecular weight is 412 g/mol. The summed E-state index contributed by atoms with van der Waals surface area (Å²) < 4.78 is 5.52. The first-order valence-corrected chi connectivity index (χ1v) is 12.8. The quantitative estimate of drug-likeness (QED) is 0.144. The SMILES string of the molecule is CCCCCCCCOC(=O)CN(CCCCCC(C)C)CCCCCC(C)C. The summed E-state index contributed by atoms with van der Waals surface area (Å²) in [6, 6.07) is 0. The first-order chi connectivity index (χ1) is 14.0. The van der Waals surface area contributed by atoms with Crippen molar-refractivity contribution in [3.8, 4) is 0 Å². The molecule has 0 saturated carbocycles. The topological polar surface area (TPSA) is 29.5 Å². The van der Waals surface area contributed by atoms with Crippen LogP contribution in [0.5, 0.6) is 0 Å². The molecule has 0 spiro atoms. The van der Waals surface area contributed by atoms with E-state index in [9.17, 15) is 4.79 Å². The zero-order valence-corrected chi connectivity index (χ0v) is 20.6. The monoisotopic (exact) mass is 411 g/mol. The standard InChI is InChI=1S/C26H53NO2/c1-6-7-8-9-10-17-22-29-26(28)23-27(20-15-11-13-18-24(2)3)21-16-12-14-19-25(4)5/h24-25H,6-23H2,1-5H3. The molecule has 0 aromatic heterocycles. The van der Waals surface area contributed by atoms with Gasteiger partial charge in [0.2, 0.25) is 0 Å². The van der Waals surface area contributed by atoms with Crippen molar-refractivity contribution >= 4 is 5.97 Å². The van der Waals surface area contributed by atoms with Gasteiger partial charge in [-0.25, -0.2) is 0 Å². The molecular formula is C26H53NO2. The maximum atomic E-state index is 12.3. The first kappa shape index (κ1) is 28.4. The second kappa shape index (κ2) is 20.7. The molecule has 0 fully saturated rings. The number of esters is 1. The Hall–Kier alpha value is -0.570. The lowest BCUT2D eigenvalue weighted by molar-refractivity contribution is -0.145. The molecule has 29 heavy (non-hydrogen) atoms. The van der Waals surface area contributed by atoms with Crippen LogP contribution in [0, 0.1) is 11.8 Å². The van der Waals surface area contributed by atoms with Crippen molar-refractivity contribution in [3.63, 3.8) is 0 Å². The second-order valence-corrected chi connectivity index (χ2v) is 9.75. The van der Waals surface area contributed by atoms with Crippen molar-refractivity contribution in [1.82, 2.24) is 4.90 Å². The zero-order chi connectivity index (χ0) is 21.7. The molecule has 0 rings (SSSR count). The molecule has 0 aliphatic rings. The summed E-state index contributed by atoms with van der Waals surface area (Å²) >= 11 is 0. The normalized spacial score (nSPS) is 11.7. The molecule has 0 heterocycles. The molecule has 0 radical (unpaired) electrons. The van der Waals surface area contributed by atoms with Crippen molar-refractivity contribution in [2.24, 2.45) is 11.8 Å². The van der Waals surface area contributed by atoms with Crippen molar-refractivity contribution in [1.29, 1.82) is 0 Å². The van der Waals surface area contributed by atoms with E-state index >= 15 is 0 Å². The van der Waals surface area contributed by atoms with Gasteiger partial charge in [0, 0.05) is 0 Å². The fourth-order valence-electron chi connectivity index (χ4n) is 3.70. The molecule has 0 bridgehead atoms. The van der Waals surface area contributed by atoms with Gasteiger partial charge in [-0.1, -0.05) is 105 Å². The molecule has 0 saturated heterocycles. The van der Waals surface area contributed by atoms with Crippen LogP contribution in [0.25, 0.3) is 0 Å². The molecule has 0 amide bonds. The molecule has 0 atom stereocenters. The summed E-state index contributed by atoms with van der Waals surface area (Å²) in [5, 5.41) is 0. The average Bonchev–Trinajstić information content (AvgIpc) is 2.66. The van der Waals surface area contributed by atoms with Gasteiger partial charge in [-0.3, -0.25) is 9.69 Å². The van der Waals surface area contributed by atoms with E-state index < -0.39 is 0 Å². The Morgan fingerprint density at radius 1 is 0.690 bits per heavy atom. The molecule has 3 heteroatoms. The van der Waals surface area contributed by atoms with E-state index in [1.165, 1.54) is 83.5 Å². The van der Waals surface area contributed by atoms with Gasteiger partial charge in [0.15, 0.2) is 0 Å². The van der Waals surface area contributed by atoms with Crippen molar-refractivity contribution in [3.05, 3.63) is 0 Å². The molecule has 3 nitrogen and oxygen atoms in total. The molecule has 0 unspecified atom stereocenters. The van der Waals surface area contributed by atoms with Gasteiger partial charge in [-0.05, 0) is 44.2 Å². The van der Waals surface area contributed by atoms with E-state index in [1.54, 1.807) is 0 Å². The van der Waals surface area contributed by atoms with Crippen LogP contribution in [-0.2, 0) is 9.53 Å². The highest BCUT2D eigenvalue weighted by Gasteiger charge is 2.12. The highest BCUT2D eigenvalue weighted by Crippen LogP contribution is 2.11. The molecule has 0 aliphatic carbocycles. The highest BCUT2D eigenvalue weighted by atomic mass is 16.5. The summed E-state index contributed by atoms with van der Waals surface area (Å²) in [6.45, 7) is 14.6. The highest BCUT2D eigenvalue weighted by molar-refractivity contribution is 5.71. The fourth-order valence-corrected chi connectivity index (χ4v) is 3.70. The third-order valence-corrected chi connectivity index (χ3v) is 5.63. The molecule has 0 N–H and O–H groups in total. The molecule has 0 aromatic rings. The number of hydrogen-bond donors (Lipinski definition) is 0. The number of carbonyl (C=O) groups excluding carboxylic acids is 1. The van der Waals surface area contributed by atoms with Gasteiger partial charge in [0.1, 0.15) is 0 Å². The minimum Gasteiger partial charge on any atom is -0.465 e. The third kappa shape index (κ3) is 21.9. The Balaban J connectivity index is 4.04. The third-order valence-electron chi connectivity index (χ3n) is 5.63. The van der Waals surface area contributed by atoms with Crippen LogP contribution < -0.4 is 0 Å². The smallest absolute Gasteiger partial charge is 0.320 e. The Kier molecular flexibility index (Phi) is 20.3. The lowest BCUT2D eigenvalue weighted by atomic mass is 10.0. The number of ether oxygens (including phenoxy) is 1. The lowest BCUT2D eigenvalue weighted by Gasteiger charge is -2.21. The minimum absolute atomic E-state index is 0.0251. The Bertz CT molecular complexity index is 337. The van der Waals surface area contributed by atoms with Crippen molar-refractivity contribution in [2.75, 3.05) is 26.2 Å². The Morgan fingerprint density at radius 2 is 1.17 bits per heavy atom. The number of carbonyl (C=O) groups is 1. The minimum atomic E-state index is -0.0251. The maximum absolute atomic E-state index is 12.3. The summed E-state index contributed by atoms with van der Waals surface area (Å²) in [5.41, 5.74) is 0. The molecule has 174 valence electrons. The predicted molar refractivity (Wildman–Crippen MR) is 127 cm³/mol. The van der Waals surface area contributed by atoms with Gasteiger partial charge in [-0.2, -0.15) is 0 Å². The van der Waals surface area contributed by atoms with E-state index in [4.69, 9.17) is 4.74 Å². The molecule has 0 aromatic carbocycles. The summed E-state index contributed by atoms with van der Waals surface area (Å²) in [7, 11) is 0. The van der Waals surface area contributed by atoms with Crippen LogP contribution in [0.1, 0.15) is 125 Å². The van der Waals surface area contributed by atoms with Crippen molar-refractivity contribution < 1.29 is 9.53 Å². The summed E-state index contributed by atoms with van der Waals surface area (Å²) in [5.74, 6) is 1.57.